The SMILES string of the molecule is CCCn1cc(C(NN)C2CC2)cn1. The van der Waals surface area contributed by atoms with Gasteiger partial charge in [0, 0.05) is 18.3 Å². The Hall–Kier alpha value is -0.870. The minimum Gasteiger partial charge on any atom is -0.272 e. The maximum Gasteiger partial charge on any atom is 0.0538 e. The van der Waals surface area contributed by atoms with Crippen LogP contribution in [0.15, 0.2) is 12.4 Å². The van der Waals surface area contributed by atoms with Crippen LogP contribution < -0.4 is 11.3 Å². The zero-order chi connectivity index (χ0) is 9.97. The fraction of sp³-hybridized carbons (Fsp3) is 0.700. The van der Waals surface area contributed by atoms with Crippen LogP contribution in [0.4, 0.5) is 0 Å². The van der Waals surface area contributed by atoms with Crippen LogP contribution in [0, 0.1) is 5.92 Å². The van der Waals surface area contributed by atoms with Gasteiger partial charge >= 0.3 is 0 Å². The summed E-state index contributed by atoms with van der Waals surface area (Å²) in [4.78, 5) is 0. The van der Waals surface area contributed by atoms with Gasteiger partial charge in [-0.05, 0) is 25.2 Å². The van der Waals surface area contributed by atoms with E-state index in [0.717, 1.165) is 18.9 Å². The van der Waals surface area contributed by atoms with Crippen LogP contribution in [0.2, 0.25) is 0 Å². The van der Waals surface area contributed by atoms with Crippen molar-refractivity contribution in [2.45, 2.75) is 38.8 Å². The molecule has 1 heterocycles. The Morgan fingerprint density at radius 3 is 3.07 bits per heavy atom. The van der Waals surface area contributed by atoms with E-state index in [1.54, 1.807) is 0 Å². The van der Waals surface area contributed by atoms with Crippen LogP contribution in [-0.4, -0.2) is 9.78 Å². The quantitative estimate of drug-likeness (QED) is 0.547. The summed E-state index contributed by atoms with van der Waals surface area (Å²) in [6, 6.07) is 0.306. The molecule has 1 atom stereocenters. The third-order valence-electron chi connectivity index (χ3n) is 2.74. The Labute approximate surface area is 84.4 Å². The largest absolute Gasteiger partial charge is 0.272 e. The van der Waals surface area contributed by atoms with Gasteiger partial charge in [-0.15, -0.1) is 0 Å². The van der Waals surface area contributed by atoms with Crippen LogP contribution in [0.5, 0.6) is 0 Å². The predicted molar refractivity (Wildman–Crippen MR) is 55.3 cm³/mol. The zero-order valence-electron chi connectivity index (χ0n) is 8.61. The molecule has 2 rings (SSSR count). The van der Waals surface area contributed by atoms with E-state index in [-0.39, 0.29) is 0 Å². The zero-order valence-corrected chi connectivity index (χ0v) is 8.61. The van der Waals surface area contributed by atoms with E-state index in [2.05, 4.69) is 23.6 Å². The number of nitrogens with zero attached hydrogens (tertiary/aromatic N) is 2. The first kappa shape index (κ1) is 9.68. The van der Waals surface area contributed by atoms with Crippen molar-refractivity contribution in [3.8, 4) is 0 Å². The van der Waals surface area contributed by atoms with Crippen LogP contribution in [0.1, 0.15) is 37.8 Å². The Morgan fingerprint density at radius 2 is 2.50 bits per heavy atom. The van der Waals surface area contributed by atoms with E-state index in [1.165, 1.54) is 18.4 Å². The normalized spacial score (nSPS) is 18.4. The maximum atomic E-state index is 5.54. The molecular formula is C10H18N4. The third kappa shape index (κ3) is 1.96. The van der Waals surface area contributed by atoms with Crippen LogP contribution in [-0.2, 0) is 6.54 Å². The van der Waals surface area contributed by atoms with Crippen molar-refractivity contribution in [2.24, 2.45) is 11.8 Å². The van der Waals surface area contributed by atoms with Crippen molar-refractivity contribution in [1.29, 1.82) is 0 Å². The lowest BCUT2D eigenvalue weighted by atomic mass is 10.1. The first-order valence-corrected chi connectivity index (χ1v) is 5.33. The molecule has 14 heavy (non-hydrogen) atoms. The summed E-state index contributed by atoms with van der Waals surface area (Å²) in [6.07, 6.45) is 7.72. The molecule has 78 valence electrons. The highest BCUT2D eigenvalue weighted by Gasteiger charge is 2.32. The van der Waals surface area contributed by atoms with E-state index < -0.39 is 0 Å². The second kappa shape index (κ2) is 4.11. The van der Waals surface area contributed by atoms with Crippen molar-refractivity contribution >= 4 is 0 Å². The minimum absolute atomic E-state index is 0.306. The molecule has 1 unspecified atom stereocenters. The van der Waals surface area contributed by atoms with Gasteiger partial charge in [-0.1, -0.05) is 6.92 Å². The number of nitrogens with two attached hydrogens (primary N) is 1. The molecule has 4 nitrogen and oxygen atoms in total. The van der Waals surface area contributed by atoms with E-state index in [4.69, 9.17) is 5.84 Å². The molecule has 1 fully saturated rings. The van der Waals surface area contributed by atoms with Crippen molar-refractivity contribution < 1.29 is 0 Å². The first-order valence-electron chi connectivity index (χ1n) is 5.33. The molecule has 1 aromatic heterocycles. The van der Waals surface area contributed by atoms with Gasteiger partial charge < -0.3 is 0 Å². The third-order valence-corrected chi connectivity index (χ3v) is 2.74. The van der Waals surface area contributed by atoms with Crippen molar-refractivity contribution in [2.75, 3.05) is 0 Å². The molecule has 1 aliphatic carbocycles. The molecule has 0 bridgehead atoms. The maximum absolute atomic E-state index is 5.54. The highest BCUT2D eigenvalue weighted by atomic mass is 15.3. The number of aromatic nitrogens is 2. The highest BCUT2D eigenvalue weighted by molar-refractivity contribution is 5.13. The molecule has 1 aromatic rings. The van der Waals surface area contributed by atoms with E-state index in [9.17, 15) is 0 Å². The van der Waals surface area contributed by atoms with Crippen LogP contribution in [0.3, 0.4) is 0 Å². The first-order chi connectivity index (χ1) is 6.85. The average molecular weight is 194 g/mol. The van der Waals surface area contributed by atoms with Crippen LogP contribution in [0.25, 0.3) is 0 Å². The Kier molecular flexibility index (Phi) is 2.84. The number of nitrogens with one attached hydrogen (secondary N) is 1. The number of hydrogen-bond donors (Lipinski definition) is 2. The smallest absolute Gasteiger partial charge is 0.0538 e. The van der Waals surface area contributed by atoms with Crippen molar-refractivity contribution in [3.05, 3.63) is 18.0 Å². The molecule has 4 heteroatoms. The molecule has 1 aliphatic rings. The summed E-state index contributed by atoms with van der Waals surface area (Å²) in [5, 5.41) is 4.31. The van der Waals surface area contributed by atoms with E-state index >= 15 is 0 Å². The molecule has 0 spiro atoms. The summed E-state index contributed by atoms with van der Waals surface area (Å²) >= 11 is 0. The molecule has 0 aliphatic heterocycles. The number of hydrogen-bond acceptors (Lipinski definition) is 3. The lowest BCUT2D eigenvalue weighted by Crippen LogP contribution is -2.29. The Bertz CT molecular complexity index is 290. The summed E-state index contributed by atoms with van der Waals surface area (Å²) in [7, 11) is 0. The molecule has 0 radical (unpaired) electrons. The van der Waals surface area contributed by atoms with E-state index in [1.807, 2.05) is 10.9 Å². The van der Waals surface area contributed by atoms with Gasteiger partial charge in [0.25, 0.3) is 0 Å². The summed E-state index contributed by atoms with van der Waals surface area (Å²) < 4.78 is 1.99. The fourth-order valence-electron chi connectivity index (χ4n) is 1.83. The lowest BCUT2D eigenvalue weighted by molar-refractivity contribution is 0.495. The van der Waals surface area contributed by atoms with Gasteiger partial charge in [0.1, 0.15) is 0 Å². The molecule has 1 saturated carbocycles. The average Bonchev–Trinajstić information content (AvgIpc) is 2.90. The van der Waals surface area contributed by atoms with Gasteiger partial charge in [-0.2, -0.15) is 5.10 Å². The number of aryl methyl sites for hydroxylation is 1. The Balaban J connectivity index is 2.05. The second-order valence-electron chi connectivity index (χ2n) is 4.02. The van der Waals surface area contributed by atoms with Gasteiger partial charge in [-0.3, -0.25) is 16.0 Å². The standard InChI is InChI=1S/C10H18N4/c1-2-5-14-7-9(6-12-14)10(13-11)8-3-4-8/h6-8,10,13H,2-5,11H2,1H3. The van der Waals surface area contributed by atoms with Crippen LogP contribution >= 0.6 is 0 Å². The molecule has 3 N–H and O–H groups in total. The summed E-state index contributed by atoms with van der Waals surface area (Å²) in [5.41, 5.74) is 4.11. The van der Waals surface area contributed by atoms with Crippen molar-refractivity contribution in [1.82, 2.24) is 15.2 Å². The number of rotatable bonds is 5. The van der Waals surface area contributed by atoms with Gasteiger partial charge in [0.2, 0.25) is 0 Å². The van der Waals surface area contributed by atoms with Gasteiger partial charge in [0.15, 0.2) is 0 Å². The Morgan fingerprint density at radius 1 is 1.71 bits per heavy atom. The lowest BCUT2D eigenvalue weighted by Gasteiger charge is -2.11. The van der Waals surface area contributed by atoms with Gasteiger partial charge in [0.05, 0.1) is 12.2 Å². The molecule has 0 saturated heterocycles. The fourth-order valence-corrected chi connectivity index (χ4v) is 1.83. The second-order valence-corrected chi connectivity index (χ2v) is 4.02. The van der Waals surface area contributed by atoms with Gasteiger partial charge in [-0.25, -0.2) is 0 Å². The molecule has 0 amide bonds. The topological polar surface area (TPSA) is 55.9 Å². The van der Waals surface area contributed by atoms with Crippen molar-refractivity contribution in [3.63, 3.8) is 0 Å². The minimum atomic E-state index is 0.306. The molecular weight excluding hydrogens is 176 g/mol. The van der Waals surface area contributed by atoms with E-state index in [0.29, 0.717) is 6.04 Å². The predicted octanol–water partition coefficient (Wildman–Crippen LogP) is 1.21. The highest BCUT2D eigenvalue weighted by Crippen LogP contribution is 2.40. The summed E-state index contributed by atoms with van der Waals surface area (Å²) in [5.74, 6) is 6.26. The number of hydrazine groups is 1. The monoisotopic (exact) mass is 194 g/mol. The molecule has 0 aromatic carbocycles. The summed E-state index contributed by atoms with van der Waals surface area (Å²) in [6.45, 7) is 3.14.